The maximum Gasteiger partial charge on any atom is 0.176 e. The molecule has 0 saturated carbocycles. The monoisotopic (exact) mass is 237 g/mol. The van der Waals surface area contributed by atoms with E-state index < -0.39 is 0 Å². The molecule has 0 fully saturated rings. The van der Waals surface area contributed by atoms with E-state index in [1.807, 2.05) is 54.6 Å². The molecule has 0 atom stereocenters. The summed E-state index contributed by atoms with van der Waals surface area (Å²) in [5, 5.41) is 0. The van der Waals surface area contributed by atoms with Crippen LogP contribution in [0.2, 0.25) is 0 Å². The molecule has 0 saturated heterocycles. The fourth-order valence-electron chi connectivity index (χ4n) is 2.00. The van der Waals surface area contributed by atoms with Gasteiger partial charge in [0.05, 0.1) is 5.52 Å². The maximum absolute atomic E-state index is 5.59. The average molecular weight is 237 g/mol. The van der Waals surface area contributed by atoms with E-state index in [-0.39, 0.29) is 0 Å². The average Bonchev–Trinajstić information content (AvgIpc) is 2.80. The summed E-state index contributed by atoms with van der Waals surface area (Å²) in [7, 11) is 0. The minimum absolute atomic E-state index is 0.361. The van der Waals surface area contributed by atoms with Crippen molar-refractivity contribution >= 4 is 11.0 Å². The highest BCUT2D eigenvalue weighted by atomic mass is 16.7. The number of rotatable bonds is 3. The van der Waals surface area contributed by atoms with Crippen LogP contribution in [0.25, 0.3) is 22.4 Å². The Morgan fingerprint density at radius 3 is 2.50 bits per heavy atom. The molecule has 0 aliphatic heterocycles. The summed E-state index contributed by atoms with van der Waals surface area (Å²) in [6, 6.07) is 17.9. The lowest BCUT2D eigenvalue weighted by atomic mass is 10.2. The van der Waals surface area contributed by atoms with E-state index in [1.54, 1.807) is 4.73 Å². The van der Waals surface area contributed by atoms with Crippen LogP contribution < -0.4 is 4.84 Å². The third-order valence-corrected chi connectivity index (χ3v) is 2.77. The number of imidazole rings is 1. The van der Waals surface area contributed by atoms with E-state index in [9.17, 15) is 0 Å². The number of benzene rings is 2. The third kappa shape index (κ3) is 1.74. The van der Waals surface area contributed by atoms with Crippen molar-refractivity contribution in [3.05, 3.63) is 61.5 Å². The van der Waals surface area contributed by atoms with Gasteiger partial charge in [0, 0.05) is 5.56 Å². The Kier molecular flexibility index (Phi) is 2.73. The van der Waals surface area contributed by atoms with Crippen molar-refractivity contribution in [3.8, 4) is 11.4 Å². The van der Waals surface area contributed by atoms with Crippen LogP contribution in [0.3, 0.4) is 0 Å². The van der Waals surface area contributed by atoms with Crippen molar-refractivity contribution in [2.24, 2.45) is 0 Å². The second-order valence-corrected chi connectivity index (χ2v) is 3.92. The molecule has 0 N–H and O–H groups in total. The normalized spacial score (nSPS) is 10.7. The zero-order valence-electron chi connectivity index (χ0n) is 9.91. The maximum atomic E-state index is 5.59. The van der Waals surface area contributed by atoms with Crippen LogP contribution in [-0.4, -0.2) is 16.3 Å². The number of para-hydroxylation sites is 2. The van der Waals surface area contributed by atoms with Gasteiger partial charge in [-0.05, 0) is 19.1 Å². The van der Waals surface area contributed by atoms with Gasteiger partial charge in [-0.2, -0.15) is 4.73 Å². The van der Waals surface area contributed by atoms with E-state index in [2.05, 4.69) is 11.9 Å². The van der Waals surface area contributed by atoms with Crippen LogP contribution in [0.1, 0.15) is 0 Å². The predicted molar refractivity (Wildman–Crippen MR) is 72.0 cm³/mol. The summed E-state index contributed by atoms with van der Waals surface area (Å²) in [5.41, 5.74) is 2.91. The molecule has 3 heteroatoms. The quantitative estimate of drug-likeness (QED) is 0.700. The van der Waals surface area contributed by atoms with E-state index in [0.29, 0.717) is 6.61 Å². The minimum Gasteiger partial charge on any atom is -0.412 e. The molecule has 0 spiro atoms. The van der Waals surface area contributed by atoms with Crippen molar-refractivity contribution < 1.29 is 4.84 Å². The summed E-state index contributed by atoms with van der Waals surface area (Å²) in [6.45, 7) is 4.09. The van der Waals surface area contributed by atoms with Gasteiger partial charge < -0.3 is 4.84 Å². The molecule has 1 aromatic heterocycles. The molecule has 1 heterocycles. The molecule has 0 amide bonds. The molecule has 18 heavy (non-hydrogen) atoms. The number of hydrogen-bond acceptors (Lipinski definition) is 2. The molecule has 0 aliphatic carbocycles. The SMILES string of the molecule is [CH2]COn1c(-c2ccccc2)nc2ccccc21. The van der Waals surface area contributed by atoms with E-state index in [4.69, 9.17) is 4.84 Å². The molecular weight excluding hydrogens is 224 g/mol. The van der Waals surface area contributed by atoms with Crippen molar-refractivity contribution in [1.82, 2.24) is 9.71 Å². The van der Waals surface area contributed by atoms with Gasteiger partial charge in [0.25, 0.3) is 0 Å². The van der Waals surface area contributed by atoms with E-state index in [0.717, 1.165) is 22.4 Å². The second-order valence-electron chi connectivity index (χ2n) is 3.92. The Labute approximate surface area is 106 Å². The summed E-state index contributed by atoms with van der Waals surface area (Å²) in [4.78, 5) is 10.2. The number of hydrogen-bond donors (Lipinski definition) is 0. The molecule has 3 nitrogen and oxygen atoms in total. The van der Waals surface area contributed by atoms with Gasteiger partial charge in [0.2, 0.25) is 0 Å². The summed E-state index contributed by atoms with van der Waals surface area (Å²) < 4.78 is 1.75. The molecule has 0 aliphatic rings. The van der Waals surface area contributed by atoms with Gasteiger partial charge in [-0.3, -0.25) is 0 Å². The van der Waals surface area contributed by atoms with Crippen LogP contribution in [-0.2, 0) is 0 Å². The molecule has 2 aromatic carbocycles. The number of fused-ring (bicyclic) bond motifs is 1. The van der Waals surface area contributed by atoms with Gasteiger partial charge in [0.15, 0.2) is 5.82 Å². The number of aromatic nitrogens is 2. The Morgan fingerprint density at radius 1 is 1.00 bits per heavy atom. The topological polar surface area (TPSA) is 27.1 Å². The predicted octanol–water partition coefficient (Wildman–Crippen LogP) is 2.97. The van der Waals surface area contributed by atoms with Gasteiger partial charge in [0.1, 0.15) is 12.1 Å². The lowest BCUT2D eigenvalue weighted by Gasteiger charge is -2.08. The highest BCUT2D eigenvalue weighted by Crippen LogP contribution is 2.23. The van der Waals surface area contributed by atoms with Crippen LogP contribution in [0, 0.1) is 6.92 Å². The van der Waals surface area contributed by atoms with Crippen molar-refractivity contribution in [1.29, 1.82) is 0 Å². The smallest absolute Gasteiger partial charge is 0.176 e. The molecule has 3 rings (SSSR count). The van der Waals surface area contributed by atoms with Gasteiger partial charge >= 0.3 is 0 Å². The fourth-order valence-corrected chi connectivity index (χ4v) is 2.00. The van der Waals surface area contributed by atoms with E-state index in [1.165, 1.54) is 0 Å². The Morgan fingerprint density at radius 2 is 1.72 bits per heavy atom. The van der Waals surface area contributed by atoms with Crippen molar-refractivity contribution in [3.63, 3.8) is 0 Å². The highest BCUT2D eigenvalue weighted by molar-refractivity contribution is 5.80. The van der Waals surface area contributed by atoms with Gasteiger partial charge in [-0.15, -0.1) is 0 Å². The molecular formula is C15H13N2O. The zero-order chi connectivity index (χ0) is 12.4. The van der Waals surface area contributed by atoms with Gasteiger partial charge in [-0.25, -0.2) is 4.98 Å². The summed E-state index contributed by atoms with van der Waals surface area (Å²) >= 11 is 0. The first kappa shape index (κ1) is 10.8. The standard InChI is InChI=1S/C15H13N2O/c1-2-18-17-14-11-7-6-10-13(14)16-15(17)12-8-4-3-5-9-12/h3-11H,1-2H2. The molecule has 89 valence electrons. The Balaban J connectivity index is 2.25. The largest absolute Gasteiger partial charge is 0.412 e. The van der Waals surface area contributed by atoms with Crippen LogP contribution in [0.4, 0.5) is 0 Å². The van der Waals surface area contributed by atoms with Crippen LogP contribution >= 0.6 is 0 Å². The summed E-state index contributed by atoms with van der Waals surface area (Å²) in [6.07, 6.45) is 0. The first-order valence-corrected chi connectivity index (χ1v) is 5.85. The number of nitrogens with zero attached hydrogens (tertiary/aromatic N) is 2. The van der Waals surface area contributed by atoms with Crippen molar-refractivity contribution in [2.45, 2.75) is 0 Å². The highest BCUT2D eigenvalue weighted by Gasteiger charge is 2.12. The first-order valence-electron chi connectivity index (χ1n) is 5.85. The van der Waals surface area contributed by atoms with Crippen molar-refractivity contribution in [2.75, 3.05) is 6.61 Å². The third-order valence-electron chi connectivity index (χ3n) is 2.77. The van der Waals surface area contributed by atoms with E-state index >= 15 is 0 Å². The zero-order valence-corrected chi connectivity index (χ0v) is 9.91. The van der Waals surface area contributed by atoms with Gasteiger partial charge in [-0.1, -0.05) is 42.5 Å². The second kappa shape index (κ2) is 4.53. The van der Waals surface area contributed by atoms with Crippen LogP contribution in [0.15, 0.2) is 54.6 Å². The molecule has 3 aromatic rings. The molecule has 0 bridgehead atoms. The lowest BCUT2D eigenvalue weighted by Crippen LogP contribution is -2.12. The first-order chi connectivity index (χ1) is 8.90. The Bertz CT molecular complexity index is 659. The minimum atomic E-state index is 0.361. The summed E-state index contributed by atoms with van der Waals surface area (Å²) in [5.74, 6) is 0.806. The van der Waals surface area contributed by atoms with Crippen LogP contribution in [0.5, 0.6) is 0 Å². The lowest BCUT2D eigenvalue weighted by molar-refractivity contribution is 0.147. The molecule has 1 radical (unpaired) electrons. The fraction of sp³-hybridized carbons (Fsp3) is 0.0667. The Hall–Kier alpha value is -2.29. The molecule has 0 unspecified atom stereocenters.